The third-order valence-electron chi connectivity index (χ3n) is 4.73. The predicted molar refractivity (Wildman–Crippen MR) is 91.1 cm³/mol. The number of hydrogen-bond acceptors (Lipinski definition) is 1. The van der Waals surface area contributed by atoms with Crippen LogP contribution in [0.4, 0.5) is 4.39 Å². The number of nitrogens with one attached hydrogen (secondary N) is 1. The number of unbranched alkanes of at least 4 members (excludes halogenated alkanes) is 1. The molecule has 0 aliphatic heterocycles. The van der Waals surface area contributed by atoms with E-state index in [-0.39, 0.29) is 11.2 Å². The second-order valence-corrected chi connectivity index (χ2v) is 7.44. The minimum Gasteiger partial charge on any atom is -0.313 e. The van der Waals surface area contributed by atoms with Gasteiger partial charge in [0.05, 0.1) is 0 Å². The van der Waals surface area contributed by atoms with Gasteiger partial charge in [-0.25, -0.2) is 4.39 Å². The number of halogens is 2. The first kappa shape index (κ1) is 17.0. The summed E-state index contributed by atoms with van der Waals surface area (Å²) in [5, 5.41) is 3.68. The second kappa shape index (κ2) is 7.73. The molecule has 0 saturated heterocycles. The Kier molecular flexibility index (Phi) is 6.24. The van der Waals surface area contributed by atoms with Crippen molar-refractivity contribution in [2.24, 2.45) is 5.41 Å². The van der Waals surface area contributed by atoms with Crippen molar-refractivity contribution in [2.45, 2.75) is 64.8 Å². The lowest BCUT2D eigenvalue weighted by molar-refractivity contribution is 0.226. The molecule has 1 aromatic rings. The Morgan fingerprint density at radius 2 is 2.10 bits per heavy atom. The highest BCUT2D eigenvalue weighted by Crippen LogP contribution is 2.35. The van der Waals surface area contributed by atoms with E-state index in [1.807, 2.05) is 12.1 Å². The van der Waals surface area contributed by atoms with Crippen LogP contribution >= 0.6 is 15.9 Å². The van der Waals surface area contributed by atoms with Gasteiger partial charge in [-0.2, -0.15) is 0 Å². The van der Waals surface area contributed by atoms with Gasteiger partial charge in [0.1, 0.15) is 5.82 Å². The number of rotatable bonds is 9. The minimum atomic E-state index is -0.0786. The van der Waals surface area contributed by atoms with Crippen molar-refractivity contribution >= 4 is 15.9 Å². The van der Waals surface area contributed by atoms with Crippen molar-refractivity contribution in [2.75, 3.05) is 6.54 Å². The van der Waals surface area contributed by atoms with Crippen molar-refractivity contribution < 1.29 is 4.39 Å². The molecule has 0 heterocycles. The smallest absolute Gasteiger partial charge is 0.127 e. The molecule has 1 atom stereocenters. The molecule has 0 aromatic heterocycles. The first-order valence-corrected chi connectivity index (χ1v) is 9.05. The SMILES string of the molecule is CCCCC(CC)(CNC1CC1)Cc1ccc(Br)cc1F. The predicted octanol–water partition coefficient (Wildman–Crippen LogP) is 5.47. The van der Waals surface area contributed by atoms with E-state index in [4.69, 9.17) is 0 Å². The van der Waals surface area contributed by atoms with Crippen molar-refractivity contribution in [1.29, 1.82) is 0 Å². The van der Waals surface area contributed by atoms with Crippen LogP contribution in [0.25, 0.3) is 0 Å². The fourth-order valence-electron chi connectivity index (χ4n) is 2.94. The zero-order chi connectivity index (χ0) is 15.3. The van der Waals surface area contributed by atoms with E-state index >= 15 is 0 Å². The Morgan fingerprint density at radius 1 is 1.33 bits per heavy atom. The fourth-order valence-corrected chi connectivity index (χ4v) is 3.27. The van der Waals surface area contributed by atoms with E-state index in [0.717, 1.165) is 29.4 Å². The lowest BCUT2D eigenvalue weighted by Crippen LogP contribution is -2.37. The topological polar surface area (TPSA) is 12.0 Å². The average molecular weight is 356 g/mol. The van der Waals surface area contributed by atoms with Gasteiger partial charge in [-0.05, 0) is 55.2 Å². The highest BCUT2D eigenvalue weighted by atomic mass is 79.9. The van der Waals surface area contributed by atoms with Crippen LogP contribution in [0.2, 0.25) is 0 Å². The maximum atomic E-state index is 14.2. The summed E-state index contributed by atoms with van der Waals surface area (Å²) in [6.45, 7) is 5.50. The molecule has 1 fully saturated rings. The van der Waals surface area contributed by atoms with Gasteiger partial charge in [-0.15, -0.1) is 0 Å². The molecule has 1 N–H and O–H groups in total. The molecular weight excluding hydrogens is 329 g/mol. The lowest BCUT2D eigenvalue weighted by Gasteiger charge is -2.34. The summed E-state index contributed by atoms with van der Waals surface area (Å²) in [4.78, 5) is 0. The highest BCUT2D eigenvalue weighted by Gasteiger charge is 2.31. The standard InChI is InChI=1S/C18H27BrFN/c1-3-5-10-18(4-2,13-21-16-8-9-16)12-14-6-7-15(19)11-17(14)20/h6-7,11,16,21H,3-5,8-10,12-13H2,1-2H3. The van der Waals surface area contributed by atoms with Gasteiger partial charge < -0.3 is 5.32 Å². The maximum Gasteiger partial charge on any atom is 0.127 e. The van der Waals surface area contributed by atoms with Crippen molar-refractivity contribution in [1.82, 2.24) is 5.32 Å². The fraction of sp³-hybridized carbons (Fsp3) is 0.667. The van der Waals surface area contributed by atoms with Crippen LogP contribution in [0.3, 0.4) is 0 Å². The van der Waals surface area contributed by atoms with Gasteiger partial charge >= 0.3 is 0 Å². The Balaban J connectivity index is 2.11. The molecule has 1 aliphatic carbocycles. The monoisotopic (exact) mass is 355 g/mol. The maximum absolute atomic E-state index is 14.2. The van der Waals surface area contributed by atoms with E-state index in [1.54, 1.807) is 6.07 Å². The normalized spacial score (nSPS) is 17.7. The van der Waals surface area contributed by atoms with Crippen LogP contribution in [0.1, 0.15) is 57.9 Å². The average Bonchev–Trinajstić information content (AvgIpc) is 3.29. The minimum absolute atomic E-state index is 0.0786. The summed E-state index contributed by atoms with van der Waals surface area (Å²) < 4.78 is 15.0. The summed E-state index contributed by atoms with van der Waals surface area (Å²) in [7, 11) is 0. The van der Waals surface area contributed by atoms with Crippen LogP contribution < -0.4 is 5.32 Å². The summed E-state index contributed by atoms with van der Waals surface area (Å²) >= 11 is 3.34. The first-order chi connectivity index (χ1) is 10.1. The van der Waals surface area contributed by atoms with Crippen molar-refractivity contribution in [3.05, 3.63) is 34.1 Å². The third kappa shape index (κ3) is 5.07. The molecule has 0 bridgehead atoms. The summed E-state index contributed by atoms with van der Waals surface area (Å²) in [6.07, 6.45) is 8.15. The summed E-state index contributed by atoms with van der Waals surface area (Å²) in [5.74, 6) is -0.0786. The molecule has 0 radical (unpaired) electrons. The molecule has 0 spiro atoms. The molecule has 1 aromatic carbocycles. The zero-order valence-corrected chi connectivity index (χ0v) is 14.8. The highest BCUT2D eigenvalue weighted by molar-refractivity contribution is 9.10. The molecule has 1 nitrogen and oxygen atoms in total. The second-order valence-electron chi connectivity index (χ2n) is 6.52. The van der Waals surface area contributed by atoms with E-state index in [1.165, 1.54) is 32.1 Å². The van der Waals surface area contributed by atoms with Crippen LogP contribution in [-0.2, 0) is 6.42 Å². The van der Waals surface area contributed by atoms with Gasteiger partial charge in [-0.1, -0.05) is 48.7 Å². The summed E-state index contributed by atoms with van der Waals surface area (Å²) in [5.41, 5.74) is 1.04. The van der Waals surface area contributed by atoms with E-state index in [9.17, 15) is 4.39 Å². The molecule has 2 rings (SSSR count). The molecule has 118 valence electrons. The quantitative estimate of drug-likeness (QED) is 0.619. The Labute approximate surface area is 136 Å². The van der Waals surface area contributed by atoms with E-state index < -0.39 is 0 Å². The van der Waals surface area contributed by atoms with E-state index in [2.05, 4.69) is 35.1 Å². The van der Waals surface area contributed by atoms with Gasteiger partial charge in [-0.3, -0.25) is 0 Å². The number of hydrogen-bond donors (Lipinski definition) is 1. The molecule has 1 aliphatic rings. The molecule has 21 heavy (non-hydrogen) atoms. The van der Waals surface area contributed by atoms with Crippen LogP contribution in [0, 0.1) is 11.2 Å². The third-order valence-corrected chi connectivity index (χ3v) is 5.23. The van der Waals surface area contributed by atoms with Crippen LogP contribution in [-0.4, -0.2) is 12.6 Å². The molecule has 3 heteroatoms. The largest absolute Gasteiger partial charge is 0.313 e. The van der Waals surface area contributed by atoms with E-state index in [0.29, 0.717) is 6.04 Å². The lowest BCUT2D eigenvalue weighted by atomic mass is 9.75. The first-order valence-electron chi connectivity index (χ1n) is 8.26. The molecule has 1 saturated carbocycles. The van der Waals surface area contributed by atoms with Gasteiger partial charge in [0.15, 0.2) is 0 Å². The van der Waals surface area contributed by atoms with Crippen molar-refractivity contribution in [3.63, 3.8) is 0 Å². The Bertz CT molecular complexity index is 459. The Morgan fingerprint density at radius 3 is 2.67 bits per heavy atom. The molecule has 0 amide bonds. The van der Waals surface area contributed by atoms with Gasteiger partial charge in [0, 0.05) is 17.1 Å². The zero-order valence-electron chi connectivity index (χ0n) is 13.2. The molecular formula is C18H27BrFN. The van der Waals surface area contributed by atoms with Gasteiger partial charge in [0.2, 0.25) is 0 Å². The Hall–Kier alpha value is -0.410. The molecule has 1 unspecified atom stereocenters. The van der Waals surface area contributed by atoms with Gasteiger partial charge in [0.25, 0.3) is 0 Å². The van der Waals surface area contributed by atoms with Crippen LogP contribution in [0.15, 0.2) is 22.7 Å². The summed E-state index contributed by atoms with van der Waals surface area (Å²) in [6, 6.07) is 6.19. The van der Waals surface area contributed by atoms with Crippen LogP contribution in [0.5, 0.6) is 0 Å². The number of benzene rings is 1. The van der Waals surface area contributed by atoms with Crippen molar-refractivity contribution in [3.8, 4) is 0 Å².